The average Bonchev–Trinajstić information content (AvgIpc) is 3.13. The molecule has 6 nitrogen and oxygen atoms in total. The Morgan fingerprint density at radius 2 is 1.90 bits per heavy atom. The van der Waals surface area contributed by atoms with Crippen LogP contribution in [-0.4, -0.2) is 41.6 Å². The molecule has 1 fully saturated rings. The fraction of sp³-hybridized carbons (Fsp3) is 0.606. The smallest absolute Gasteiger partial charge is 0.263 e. The first-order chi connectivity index (χ1) is 19.4. The number of benzene rings is 2. The Labute approximate surface area is 243 Å². The van der Waals surface area contributed by atoms with E-state index >= 15 is 0 Å². The normalized spacial score (nSPS) is 31.2. The summed E-state index contributed by atoms with van der Waals surface area (Å²) in [4.78, 5) is 15.8. The quantitative estimate of drug-likeness (QED) is 0.488. The second kappa shape index (κ2) is 13.1. The predicted octanol–water partition coefficient (Wildman–Crippen LogP) is 5.82. The highest BCUT2D eigenvalue weighted by molar-refractivity contribution is 7.84. The number of carbonyl (C=O) groups excluding carboxylic acids is 1. The zero-order valence-electron chi connectivity index (χ0n) is 24.4. The third-order valence-electron chi connectivity index (χ3n) is 9.86. The number of anilines is 1. The van der Waals surface area contributed by atoms with Crippen LogP contribution in [0.1, 0.15) is 86.7 Å². The molecule has 2 aromatic rings. The molecule has 218 valence electrons. The first kappa shape index (κ1) is 29.1. The Balaban J connectivity index is 1.51. The molecule has 1 amide bonds. The number of aryl methyl sites for hydroxylation is 1. The van der Waals surface area contributed by atoms with E-state index in [1.165, 1.54) is 24.0 Å². The second-order valence-corrected chi connectivity index (χ2v) is 13.9. The second-order valence-electron chi connectivity index (χ2n) is 12.4. The minimum atomic E-state index is -1.45. The van der Waals surface area contributed by atoms with Crippen molar-refractivity contribution in [3.63, 3.8) is 0 Å². The van der Waals surface area contributed by atoms with E-state index in [0.29, 0.717) is 29.9 Å². The number of nitrogens with two attached hydrogens (primary N) is 1. The van der Waals surface area contributed by atoms with Crippen molar-refractivity contribution in [2.45, 2.75) is 76.9 Å². The summed E-state index contributed by atoms with van der Waals surface area (Å²) in [5.41, 5.74) is 10.6. The predicted molar refractivity (Wildman–Crippen MR) is 164 cm³/mol. The van der Waals surface area contributed by atoms with E-state index in [1.807, 2.05) is 25.1 Å². The molecule has 7 atom stereocenters. The Morgan fingerprint density at radius 3 is 2.65 bits per heavy atom. The van der Waals surface area contributed by atoms with E-state index in [-0.39, 0.29) is 23.0 Å². The Hall–Kier alpha value is -2.38. The molecule has 1 saturated carbocycles. The molecule has 3 N–H and O–H groups in total. The first-order valence-electron chi connectivity index (χ1n) is 15.4. The van der Waals surface area contributed by atoms with E-state index < -0.39 is 11.0 Å². The van der Waals surface area contributed by atoms with Crippen molar-refractivity contribution < 1.29 is 13.7 Å². The lowest BCUT2D eigenvalue weighted by Gasteiger charge is -2.45. The van der Waals surface area contributed by atoms with Gasteiger partial charge in [-0.3, -0.25) is 9.52 Å². The molecule has 40 heavy (non-hydrogen) atoms. The van der Waals surface area contributed by atoms with Crippen LogP contribution in [0.5, 0.6) is 5.75 Å². The largest absolute Gasteiger partial charge is 0.491 e. The number of nitrogens with zero attached hydrogens (tertiary/aromatic N) is 1. The summed E-state index contributed by atoms with van der Waals surface area (Å²) in [7, 11) is -1.45. The number of carbonyl (C=O) groups is 1. The summed E-state index contributed by atoms with van der Waals surface area (Å²) in [6.45, 7) is 9.47. The molecule has 5 rings (SSSR count). The maximum absolute atomic E-state index is 13.3. The summed E-state index contributed by atoms with van der Waals surface area (Å²) in [6.07, 6.45) is 7.82. The minimum Gasteiger partial charge on any atom is -0.491 e. The molecule has 1 aliphatic carbocycles. The maximum atomic E-state index is 13.3. The lowest BCUT2D eigenvalue weighted by atomic mass is 9.65. The van der Waals surface area contributed by atoms with Gasteiger partial charge >= 0.3 is 0 Å². The Bertz CT molecular complexity index is 1200. The lowest BCUT2D eigenvalue weighted by Crippen LogP contribution is -2.44. The first-order valence-corrected chi connectivity index (χ1v) is 16.6. The molecule has 2 heterocycles. The number of fused-ring (bicyclic) bond motifs is 2. The van der Waals surface area contributed by atoms with Crippen LogP contribution in [0.3, 0.4) is 0 Å². The average molecular weight is 566 g/mol. The number of ether oxygens (including phenoxy) is 1. The summed E-state index contributed by atoms with van der Waals surface area (Å²) in [6, 6.07) is 14.5. The standard InChI is InChI=1S/C33H47N3O3S/c1-4-8-24-10-5-6-12-29(24)28-20-36-19-27-13-15-30(27)26(18-34)11-7-9-22(2)23(3)40(38)35-33(37)25-14-16-32(39-21-28)31(36)17-25/h5-6,10,12,14,16-17,22-23,26-28,30H,4,7-9,11,13,15,18-21,34H2,1-3H3,(H,35,37). The van der Waals surface area contributed by atoms with Crippen LogP contribution in [-0.2, 0) is 17.4 Å². The van der Waals surface area contributed by atoms with Gasteiger partial charge in [-0.05, 0) is 98.6 Å². The van der Waals surface area contributed by atoms with Gasteiger partial charge < -0.3 is 15.4 Å². The fourth-order valence-corrected chi connectivity index (χ4v) is 8.09. The van der Waals surface area contributed by atoms with Gasteiger partial charge in [0.15, 0.2) is 0 Å². The van der Waals surface area contributed by atoms with Crippen molar-refractivity contribution >= 4 is 22.6 Å². The summed E-state index contributed by atoms with van der Waals surface area (Å²) < 4.78 is 22.4. The lowest BCUT2D eigenvalue weighted by molar-refractivity contribution is 0.0981. The van der Waals surface area contributed by atoms with E-state index in [0.717, 1.165) is 63.2 Å². The molecular weight excluding hydrogens is 518 g/mol. The molecule has 7 unspecified atom stereocenters. The third kappa shape index (κ3) is 6.25. The number of amides is 1. The van der Waals surface area contributed by atoms with Crippen molar-refractivity contribution in [3.8, 4) is 5.75 Å². The maximum Gasteiger partial charge on any atom is 0.263 e. The number of hydrogen-bond donors (Lipinski definition) is 2. The molecule has 0 radical (unpaired) electrons. The monoisotopic (exact) mass is 565 g/mol. The van der Waals surface area contributed by atoms with Crippen LogP contribution in [0, 0.1) is 23.7 Å². The van der Waals surface area contributed by atoms with Gasteiger partial charge in [0.1, 0.15) is 16.7 Å². The molecule has 3 aliphatic rings. The Kier molecular flexibility index (Phi) is 9.52. The van der Waals surface area contributed by atoms with Crippen molar-refractivity contribution in [1.82, 2.24) is 4.72 Å². The van der Waals surface area contributed by atoms with Gasteiger partial charge in [0, 0.05) is 24.6 Å². The Morgan fingerprint density at radius 1 is 1.07 bits per heavy atom. The molecule has 0 saturated heterocycles. The molecular formula is C33H47N3O3S. The minimum absolute atomic E-state index is 0.116. The van der Waals surface area contributed by atoms with Gasteiger partial charge in [0.2, 0.25) is 0 Å². The molecule has 2 aromatic carbocycles. The number of rotatable bonds is 4. The topological polar surface area (TPSA) is 84.7 Å². The van der Waals surface area contributed by atoms with Gasteiger partial charge in [-0.1, -0.05) is 51.0 Å². The van der Waals surface area contributed by atoms with Gasteiger partial charge in [0.25, 0.3) is 5.91 Å². The van der Waals surface area contributed by atoms with Crippen LogP contribution >= 0.6 is 0 Å². The highest BCUT2D eigenvalue weighted by atomic mass is 32.2. The molecule has 2 bridgehead atoms. The summed E-state index contributed by atoms with van der Waals surface area (Å²) in [5, 5.41) is -0.116. The van der Waals surface area contributed by atoms with Crippen LogP contribution in [0.25, 0.3) is 0 Å². The van der Waals surface area contributed by atoms with Gasteiger partial charge in [-0.2, -0.15) is 0 Å². The number of hydrogen-bond acceptors (Lipinski definition) is 5. The van der Waals surface area contributed by atoms with Crippen molar-refractivity contribution in [3.05, 3.63) is 59.2 Å². The van der Waals surface area contributed by atoms with Gasteiger partial charge in [-0.15, -0.1) is 0 Å². The van der Waals surface area contributed by atoms with Gasteiger partial charge in [0.05, 0.1) is 17.5 Å². The number of nitrogens with one attached hydrogen (secondary N) is 1. The van der Waals surface area contributed by atoms with E-state index in [2.05, 4.69) is 47.7 Å². The molecule has 2 aliphatic heterocycles. The third-order valence-corrected chi connectivity index (χ3v) is 11.4. The van der Waals surface area contributed by atoms with E-state index in [9.17, 15) is 9.00 Å². The van der Waals surface area contributed by atoms with Crippen LogP contribution < -0.4 is 20.1 Å². The molecule has 0 aromatic heterocycles. The SMILES string of the molecule is CCCc1ccccc1C1COc2ccc3cc2N(C1)CC1CCC1C(CN)CCCC(C)C(C)S(=O)NC3=O. The van der Waals surface area contributed by atoms with Crippen molar-refractivity contribution in [2.75, 3.05) is 31.1 Å². The fourth-order valence-electron chi connectivity index (χ4n) is 7.05. The van der Waals surface area contributed by atoms with Gasteiger partial charge in [-0.25, -0.2) is 4.21 Å². The van der Waals surface area contributed by atoms with E-state index in [4.69, 9.17) is 10.5 Å². The van der Waals surface area contributed by atoms with Crippen molar-refractivity contribution in [2.24, 2.45) is 29.4 Å². The zero-order chi connectivity index (χ0) is 28.2. The molecule has 7 heteroatoms. The van der Waals surface area contributed by atoms with Crippen LogP contribution in [0.2, 0.25) is 0 Å². The van der Waals surface area contributed by atoms with E-state index in [1.54, 1.807) is 0 Å². The zero-order valence-corrected chi connectivity index (χ0v) is 25.3. The molecule has 0 spiro atoms. The summed E-state index contributed by atoms with van der Waals surface area (Å²) in [5.74, 6) is 2.76. The van der Waals surface area contributed by atoms with Crippen molar-refractivity contribution in [1.29, 1.82) is 0 Å². The summed E-state index contributed by atoms with van der Waals surface area (Å²) >= 11 is 0. The highest BCUT2D eigenvalue weighted by Crippen LogP contribution is 2.44. The van der Waals surface area contributed by atoms with Crippen LogP contribution in [0.4, 0.5) is 5.69 Å². The highest BCUT2D eigenvalue weighted by Gasteiger charge is 2.39. The van der Waals surface area contributed by atoms with Crippen LogP contribution in [0.15, 0.2) is 42.5 Å².